The highest BCUT2D eigenvalue weighted by molar-refractivity contribution is 5.78. The molecule has 1 aromatic carbocycles. The van der Waals surface area contributed by atoms with E-state index in [1.54, 1.807) is 18.2 Å². The number of aldehydes is 1. The second-order valence-corrected chi connectivity index (χ2v) is 4.48. The summed E-state index contributed by atoms with van der Waals surface area (Å²) in [6, 6.07) is 5.13. The Bertz CT molecular complexity index is 345. The second-order valence-electron chi connectivity index (χ2n) is 4.48. The lowest BCUT2D eigenvalue weighted by atomic mass is 10.00. The smallest absolute Gasteiger partial charge is 0.150 e. The number of carbonyl (C=O) groups is 1. The first-order valence-electron chi connectivity index (χ1n) is 6.55. The maximum Gasteiger partial charge on any atom is 0.150 e. The predicted molar refractivity (Wildman–Crippen MR) is 70.6 cm³/mol. The summed E-state index contributed by atoms with van der Waals surface area (Å²) in [4.78, 5) is 10.8. The average Bonchev–Trinajstić information content (AvgIpc) is 2.35. The Balaban J connectivity index is 2.38. The summed E-state index contributed by atoms with van der Waals surface area (Å²) >= 11 is 0. The number of phenols is 1. The number of carbonyl (C=O) groups excluding carboxylic acids is 1. The van der Waals surface area contributed by atoms with Crippen LogP contribution in [-0.4, -0.2) is 11.4 Å². The lowest BCUT2D eigenvalue weighted by Gasteiger charge is -2.07. The lowest BCUT2D eigenvalue weighted by molar-refractivity contribution is 0.112. The van der Waals surface area contributed by atoms with Crippen molar-refractivity contribution in [1.82, 2.24) is 0 Å². The third kappa shape index (κ3) is 4.59. The summed E-state index contributed by atoms with van der Waals surface area (Å²) in [5.74, 6) is 0.253. The number of aromatic hydroxyl groups is 1. The normalized spacial score (nSPS) is 10.4. The zero-order chi connectivity index (χ0) is 12.5. The quantitative estimate of drug-likeness (QED) is 0.543. The van der Waals surface area contributed by atoms with Crippen LogP contribution < -0.4 is 0 Å². The van der Waals surface area contributed by atoms with Gasteiger partial charge in [0.1, 0.15) is 12.0 Å². The Morgan fingerprint density at radius 3 is 2.53 bits per heavy atom. The largest absolute Gasteiger partial charge is 0.508 e. The van der Waals surface area contributed by atoms with Gasteiger partial charge in [0.2, 0.25) is 0 Å². The monoisotopic (exact) mass is 234 g/mol. The molecular formula is C15H22O2. The number of hydrogen-bond acceptors (Lipinski definition) is 2. The van der Waals surface area contributed by atoms with Gasteiger partial charge in [-0.05, 0) is 18.9 Å². The molecule has 0 aliphatic carbocycles. The third-order valence-corrected chi connectivity index (χ3v) is 3.09. The van der Waals surface area contributed by atoms with Crippen LogP contribution in [0, 0.1) is 0 Å². The van der Waals surface area contributed by atoms with Crippen LogP contribution in [0.4, 0.5) is 0 Å². The van der Waals surface area contributed by atoms with Gasteiger partial charge in [-0.3, -0.25) is 4.79 Å². The molecule has 0 radical (unpaired) electrons. The molecule has 0 heterocycles. The van der Waals surface area contributed by atoms with Crippen molar-refractivity contribution in [3.8, 4) is 5.75 Å². The van der Waals surface area contributed by atoms with Crippen molar-refractivity contribution < 1.29 is 9.90 Å². The summed E-state index contributed by atoms with van der Waals surface area (Å²) in [7, 11) is 0. The number of benzene rings is 1. The molecule has 0 aromatic heterocycles. The Morgan fingerprint density at radius 2 is 1.82 bits per heavy atom. The first-order valence-corrected chi connectivity index (χ1v) is 6.55. The second kappa shape index (κ2) is 7.88. The summed E-state index contributed by atoms with van der Waals surface area (Å²) in [5, 5.41) is 9.70. The minimum atomic E-state index is 0.253. The average molecular weight is 234 g/mol. The Hall–Kier alpha value is -1.31. The first-order chi connectivity index (χ1) is 8.29. The molecule has 1 N–H and O–H groups in total. The van der Waals surface area contributed by atoms with E-state index in [1.807, 2.05) is 0 Å². The maximum absolute atomic E-state index is 10.8. The van der Waals surface area contributed by atoms with E-state index in [4.69, 9.17) is 0 Å². The minimum Gasteiger partial charge on any atom is -0.508 e. The SMILES string of the molecule is CCCCCCCCc1c(O)cccc1C=O. The fourth-order valence-electron chi connectivity index (χ4n) is 2.06. The standard InChI is InChI=1S/C15H22O2/c1-2-3-4-5-6-7-10-14-13(12-16)9-8-11-15(14)17/h8-9,11-12,17H,2-7,10H2,1H3. The van der Waals surface area contributed by atoms with Crippen LogP contribution in [0.15, 0.2) is 18.2 Å². The van der Waals surface area contributed by atoms with Crippen molar-refractivity contribution in [2.24, 2.45) is 0 Å². The molecule has 0 saturated heterocycles. The number of hydrogen-bond donors (Lipinski definition) is 1. The molecule has 0 saturated carbocycles. The number of rotatable bonds is 8. The zero-order valence-corrected chi connectivity index (χ0v) is 10.6. The summed E-state index contributed by atoms with van der Waals surface area (Å²) < 4.78 is 0. The van der Waals surface area contributed by atoms with E-state index in [1.165, 1.54) is 32.1 Å². The molecule has 17 heavy (non-hydrogen) atoms. The van der Waals surface area contributed by atoms with Gasteiger partial charge in [0.05, 0.1) is 0 Å². The van der Waals surface area contributed by atoms with Crippen molar-refractivity contribution in [3.05, 3.63) is 29.3 Å². The van der Waals surface area contributed by atoms with E-state index >= 15 is 0 Å². The molecule has 2 nitrogen and oxygen atoms in total. The van der Waals surface area contributed by atoms with Crippen LogP contribution in [0.2, 0.25) is 0 Å². The fraction of sp³-hybridized carbons (Fsp3) is 0.533. The molecule has 94 valence electrons. The molecule has 0 spiro atoms. The molecule has 0 fully saturated rings. The highest BCUT2D eigenvalue weighted by atomic mass is 16.3. The topological polar surface area (TPSA) is 37.3 Å². The summed E-state index contributed by atoms with van der Waals surface area (Å²) in [6.45, 7) is 2.21. The molecule has 1 aromatic rings. The molecule has 0 unspecified atom stereocenters. The van der Waals surface area contributed by atoms with E-state index in [-0.39, 0.29) is 5.75 Å². The number of unbranched alkanes of at least 4 members (excludes halogenated alkanes) is 5. The van der Waals surface area contributed by atoms with Crippen molar-refractivity contribution in [2.45, 2.75) is 51.9 Å². The first kappa shape index (κ1) is 13.8. The number of phenolic OH excluding ortho intramolecular Hbond substituents is 1. The highest BCUT2D eigenvalue weighted by Crippen LogP contribution is 2.22. The van der Waals surface area contributed by atoms with Gasteiger partial charge in [-0.15, -0.1) is 0 Å². The molecular weight excluding hydrogens is 212 g/mol. The van der Waals surface area contributed by atoms with Crippen LogP contribution in [0.3, 0.4) is 0 Å². The fourth-order valence-corrected chi connectivity index (χ4v) is 2.06. The minimum absolute atomic E-state index is 0.253. The van der Waals surface area contributed by atoms with Crippen LogP contribution in [0.5, 0.6) is 5.75 Å². The molecule has 0 aliphatic rings. The Labute approximate surface area is 104 Å². The van der Waals surface area contributed by atoms with Crippen LogP contribution in [0.1, 0.15) is 61.4 Å². The van der Waals surface area contributed by atoms with Crippen molar-refractivity contribution in [3.63, 3.8) is 0 Å². The highest BCUT2D eigenvalue weighted by Gasteiger charge is 2.06. The third-order valence-electron chi connectivity index (χ3n) is 3.09. The van der Waals surface area contributed by atoms with Crippen molar-refractivity contribution >= 4 is 6.29 Å². The summed E-state index contributed by atoms with van der Waals surface area (Å²) in [6.07, 6.45) is 8.94. The van der Waals surface area contributed by atoms with Gasteiger partial charge in [-0.1, -0.05) is 51.2 Å². The molecule has 1 rings (SSSR count). The molecule has 0 bridgehead atoms. The van der Waals surface area contributed by atoms with E-state index in [2.05, 4.69) is 6.92 Å². The Morgan fingerprint density at radius 1 is 1.12 bits per heavy atom. The van der Waals surface area contributed by atoms with Gasteiger partial charge in [0, 0.05) is 11.1 Å². The van der Waals surface area contributed by atoms with Gasteiger partial charge in [-0.2, -0.15) is 0 Å². The van der Waals surface area contributed by atoms with Crippen LogP contribution >= 0.6 is 0 Å². The lowest BCUT2D eigenvalue weighted by Crippen LogP contribution is -1.94. The van der Waals surface area contributed by atoms with Gasteiger partial charge in [0.15, 0.2) is 0 Å². The van der Waals surface area contributed by atoms with E-state index in [0.29, 0.717) is 5.56 Å². The molecule has 0 atom stereocenters. The van der Waals surface area contributed by atoms with Gasteiger partial charge in [0.25, 0.3) is 0 Å². The van der Waals surface area contributed by atoms with Gasteiger partial charge in [-0.25, -0.2) is 0 Å². The maximum atomic E-state index is 10.8. The van der Waals surface area contributed by atoms with E-state index in [9.17, 15) is 9.90 Å². The predicted octanol–water partition coefficient (Wildman–Crippen LogP) is 4.11. The molecule has 0 amide bonds. The van der Waals surface area contributed by atoms with Crippen LogP contribution in [0.25, 0.3) is 0 Å². The van der Waals surface area contributed by atoms with Gasteiger partial charge < -0.3 is 5.11 Å². The summed E-state index contributed by atoms with van der Waals surface area (Å²) in [5.41, 5.74) is 1.43. The van der Waals surface area contributed by atoms with Crippen LogP contribution in [-0.2, 0) is 6.42 Å². The van der Waals surface area contributed by atoms with E-state index in [0.717, 1.165) is 24.7 Å². The zero-order valence-electron chi connectivity index (χ0n) is 10.6. The van der Waals surface area contributed by atoms with Gasteiger partial charge >= 0.3 is 0 Å². The Kier molecular flexibility index (Phi) is 6.38. The van der Waals surface area contributed by atoms with E-state index < -0.39 is 0 Å². The molecule has 2 heteroatoms. The molecule has 0 aliphatic heterocycles. The van der Waals surface area contributed by atoms with Crippen molar-refractivity contribution in [1.29, 1.82) is 0 Å². The van der Waals surface area contributed by atoms with Crippen molar-refractivity contribution in [2.75, 3.05) is 0 Å².